The van der Waals surface area contributed by atoms with Crippen molar-refractivity contribution in [1.82, 2.24) is 5.32 Å². The van der Waals surface area contributed by atoms with Crippen LogP contribution in [0.5, 0.6) is 0 Å². The summed E-state index contributed by atoms with van der Waals surface area (Å²) in [5.74, 6) is 0. The minimum Gasteiger partial charge on any atom is -0.396 e. The molecule has 0 atom stereocenters. The van der Waals surface area contributed by atoms with E-state index in [9.17, 15) is 5.11 Å². The molecule has 0 bridgehead atoms. The Morgan fingerprint density at radius 3 is 2.00 bits per heavy atom. The Balaban J connectivity index is 3.87. The zero-order valence-corrected chi connectivity index (χ0v) is 10.6. The molecular weight excluding hydrogens is 190 g/mol. The van der Waals surface area contributed by atoms with Gasteiger partial charge >= 0.3 is 0 Å². The zero-order valence-electron chi connectivity index (χ0n) is 10.6. The van der Waals surface area contributed by atoms with Crippen LogP contribution < -0.4 is 5.32 Å². The maximum Gasteiger partial charge on any atom is 0.0766 e. The number of aliphatic hydroxyl groups excluding tert-OH is 1. The highest BCUT2D eigenvalue weighted by molar-refractivity contribution is 4.80. The lowest BCUT2D eigenvalue weighted by molar-refractivity contribution is 0.0299. The second-order valence-corrected chi connectivity index (χ2v) is 5.17. The molecule has 0 aromatic rings. The number of aliphatic hydroxyl groups is 2. The van der Waals surface area contributed by atoms with Crippen molar-refractivity contribution < 1.29 is 10.2 Å². The molecule has 0 rings (SSSR count). The fraction of sp³-hybridized carbons (Fsp3) is 1.00. The van der Waals surface area contributed by atoms with E-state index in [1.807, 2.05) is 13.8 Å². The molecule has 0 aliphatic heterocycles. The van der Waals surface area contributed by atoms with E-state index in [1.54, 1.807) is 0 Å². The second-order valence-electron chi connectivity index (χ2n) is 5.17. The molecule has 92 valence electrons. The molecule has 0 amide bonds. The molecular formula is C12H27NO2. The van der Waals surface area contributed by atoms with Gasteiger partial charge in [0.1, 0.15) is 0 Å². The normalized spacial score (nSPS) is 13.2. The Morgan fingerprint density at radius 1 is 1.07 bits per heavy atom. The molecule has 0 aromatic heterocycles. The van der Waals surface area contributed by atoms with Gasteiger partial charge in [-0.1, -0.05) is 27.7 Å². The SMILES string of the molecule is CCC(O)(CC)CNCC(C)(C)CCO. The van der Waals surface area contributed by atoms with Gasteiger partial charge in [-0.05, 0) is 24.7 Å². The van der Waals surface area contributed by atoms with Crippen LogP contribution in [0.4, 0.5) is 0 Å². The molecule has 0 saturated carbocycles. The molecule has 0 aromatic carbocycles. The van der Waals surface area contributed by atoms with Crippen molar-refractivity contribution in [3.63, 3.8) is 0 Å². The van der Waals surface area contributed by atoms with E-state index in [0.717, 1.165) is 25.8 Å². The van der Waals surface area contributed by atoms with E-state index in [1.165, 1.54) is 0 Å². The monoisotopic (exact) mass is 217 g/mol. The Morgan fingerprint density at radius 2 is 1.60 bits per heavy atom. The highest BCUT2D eigenvalue weighted by Gasteiger charge is 2.23. The first-order chi connectivity index (χ1) is 6.89. The van der Waals surface area contributed by atoms with E-state index < -0.39 is 5.60 Å². The molecule has 0 radical (unpaired) electrons. The summed E-state index contributed by atoms with van der Waals surface area (Å²) in [7, 11) is 0. The van der Waals surface area contributed by atoms with Crippen LogP contribution in [0, 0.1) is 5.41 Å². The van der Waals surface area contributed by atoms with Gasteiger partial charge in [0.2, 0.25) is 0 Å². The fourth-order valence-electron chi connectivity index (χ4n) is 1.52. The lowest BCUT2D eigenvalue weighted by atomic mass is 9.89. The van der Waals surface area contributed by atoms with E-state index in [-0.39, 0.29) is 12.0 Å². The van der Waals surface area contributed by atoms with Crippen molar-refractivity contribution in [1.29, 1.82) is 0 Å². The summed E-state index contributed by atoms with van der Waals surface area (Å²) in [5.41, 5.74) is -0.480. The summed E-state index contributed by atoms with van der Waals surface area (Å²) in [6.45, 7) is 9.93. The topological polar surface area (TPSA) is 52.5 Å². The first-order valence-corrected chi connectivity index (χ1v) is 5.93. The summed E-state index contributed by atoms with van der Waals surface area (Å²) in [4.78, 5) is 0. The molecule has 0 aliphatic rings. The predicted octanol–water partition coefficient (Wildman–Crippen LogP) is 1.54. The third kappa shape index (κ3) is 6.13. The Bertz CT molecular complexity index is 165. The van der Waals surface area contributed by atoms with Gasteiger partial charge < -0.3 is 15.5 Å². The minimum absolute atomic E-state index is 0.0944. The van der Waals surface area contributed by atoms with Gasteiger partial charge in [0.25, 0.3) is 0 Å². The summed E-state index contributed by atoms with van der Waals surface area (Å²) in [6.07, 6.45) is 2.34. The van der Waals surface area contributed by atoms with Crippen LogP contribution in [0.15, 0.2) is 0 Å². The molecule has 0 saturated heterocycles. The van der Waals surface area contributed by atoms with Crippen LogP contribution in [-0.4, -0.2) is 35.5 Å². The van der Waals surface area contributed by atoms with Gasteiger partial charge in [-0.2, -0.15) is 0 Å². The Hall–Kier alpha value is -0.120. The van der Waals surface area contributed by atoms with Gasteiger partial charge in [-0.25, -0.2) is 0 Å². The third-order valence-electron chi connectivity index (χ3n) is 3.16. The fourth-order valence-corrected chi connectivity index (χ4v) is 1.52. The van der Waals surface area contributed by atoms with Crippen molar-refractivity contribution >= 4 is 0 Å². The van der Waals surface area contributed by atoms with Crippen LogP contribution in [-0.2, 0) is 0 Å². The molecule has 15 heavy (non-hydrogen) atoms. The predicted molar refractivity (Wildman–Crippen MR) is 63.9 cm³/mol. The first-order valence-electron chi connectivity index (χ1n) is 5.93. The van der Waals surface area contributed by atoms with E-state index in [4.69, 9.17) is 5.11 Å². The van der Waals surface area contributed by atoms with Gasteiger partial charge in [0.05, 0.1) is 5.60 Å². The quantitative estimate of drug-likeness (QED) is 0.578. The van der Waals surface area contributed by atoms with Crippen molar-refractivity contribution in [3.05, 3.63) is 0 Å². The maximum atomic E-state index is 10.0. The van der Waals surface area contributed by atoms with Crippen LogP contribution in [0.3, 0.4) is 0 Å². The molecule has 0 aliphatic carbocycles. The van der Waals surface area contributed by atoms with E-state index >= 15 is 0 Å². The Labute approximate surface area is 93.9 Å². The van der Waals surface area contributed by atoms with Gasteiger partial charge in [0, 0.05) is 19.7 Å². The van der Waals surface area contributed by atoms with Crippen LogP contribution >= 0.6 is 0 Å². The summed E-state index contributed by atoms with van der Waals surface area (Å²) in [6, 6.07) is 0. The van der Waals surface area contributed by atoms with Crippen molar-refractivity contribution in [2.75, 3.05) is 19.7 Å². The molecule has 3 nitrogen and oxygen atoms in total. The van der Waals surface area contributed by atoms with Gasteiger partial charge in [-0.3, -0.25) is 0 Å². The van der Waals surface area contributed by atoms with Crippen LogP contribution in [0.2, 0.25) is 0 Å². The first kappa shape index (κ1) is 14.9. The molecule has 0 fully saturated rings. The molecule has 3 heteroatoms. The van der Waals surface area contributed by atoms with Crippen LogP contribution in [0.1, 0.15) is 47.0 Å². The standard InChI is InChI=1S/C12H27NO2/c1-5-12(15,6-2)10-13-9-11(3,4)7-8-14/h13-15H,5-10H2,1-4H3. The van der Waals surface area contributed by atoms with E-state index in [0.29, 0.717) is 6.54 Å². The van der Waals surface area contributed by atoms with Crippen LogP contribution in [0.25, 0.3) is 0 Å². The Kier molecular flexibility index (Phi) is 6.41. The highest BCUT2D eigenvalue weighted by Crippen LogP contribution is 2.19. The largest absolute Gasteiger partial charge is 0.396 e. The second kappa shape index (κ2) is 6.46. The molecule has 0 unspecified atom stereocenters. The average Bonchev–Trinajstić information content (AvgIpc) is 2.17. The number of hydrogen-bond acceptors (Lipinski definition) is 3. The summed E-state index contributed by atoms with van der Waals surface area (Å²) >= 11 is 0. The third-order valence-corrected chi connectivity index (χ3v) is 3.16. The lowest BCUT2D eigenvalue weighted by Gasteiger charge is -2.29. The zero-order chi connectivity index (χ0) is 11.9. The number of nitrogens with one attached hydrogen (secondary N) is 1. The van der Waals surface area contributed by atoms with Gasteiger partial charge in [-0.15, -0.1) is 0 Å². The number of hydrogen-bond donors (Lipinski definition) is 3. The smallest absolute Gasteiger partial charge is 0.0766 e. The molecule has 0 heterocycles. The van der Waals surface area contributed by atoms with E-state index in [2.05, 4.69) is 19.2 Å². The van der Waals surface area contributed by atoms with Gasteiger partial charge in [0.15, 0.2) is 0 Å². The lowest BCUT2D eigenvalue weighted by Crippen LogP contribution is -2.42. The van der Waals surface area contributed by atoms with Crippen molar-refractivity contribution in [2.24, 2.45) is 5.41 Å². The maximum absolute atomic E-state index is 10.0. The highest BCUT2D eigenvalue weighted by atomic mass is 16.3. The summed E-state index contributed by atoms with van der Waals surface area (Å²) in [5, 5.41) is 22.2. The average molecular weight is 217 g/mol. The summed E-state index contributed by atoms with van der Waals surface area (Å²) < 4.78 is 0. The molecule has 0 spiro atoms. The van der Waals surface area contributed by atoms with Crippen molar-refractivity contribution in [2.45, 2.75) is 52.6 Å². The van der Waals surface area contributed by atoms with Crippen molar-refractivity contribution in [3.8, 4) is 0 Å². The minimum atomic E-state index is -0.574. The molecule has 3 N–H and O–H groups in total. The number of rotatable bonds is 8.